The van der Waals surface area contributed by atoms with Crippen molar-refractivity contribution in [3.8, 4) is 0 Å². The van der Waals surface area contributed by atoms with E-state index in [0.29, 0.717) is 5.41 Å². The van der Waals surface area contributed by atoms with Crippen molar-refractivity contribution in [3.63, 3.8) is 0 Å². The third-order valence-electron chi connectivity index (χ3n) is 0.902. The van der Waals surface area contributed by atoms with Crippen LogP contribution < -0.4 is 0 Å². The van der Waals surface area contributed by atoms with Crippen LogP contribution in [0.15, 0.2) is 0 Å². The van der Waals surface area contributed by atoms with Gasteiger partial charge in [0, 0.05) is 0 Å². The molecule has 0 amide bonds. The van der Waals surface area contributed by atoms with Gasteiger partial charge in [0.1, 0.15) is 0 Å². The molecule has 0 aromatic rings. The zero-order chi connectivity index (χ0) is 7.71. The Hall–Kier alpha value is 0.495. The summed E-state index contributed by atoms with van der Waals surface area (Å²) in [6.45, 7) is 10.6. The van der Waals surface area contributed by atoms with Crippen molar-refractivity contribution in [1.29, 1.82) is 0 Å². The van der Waals surface area contributed by atoms with Crippen LogP contribution >= 0.6 is 6.75 Å². The molecule has 0 spiro atoms. The fraction of sp³-hybridized carbons (Fsp3) is 1.00. The molecule has 0 nitrogen and oxygen atoms in total. The molecule has 0 aliphatic rings. The monoisotopic (exact) mass is 144 g/mol. The summed E-state index contributed by atoms with van der Waals surface area (Å²) in [5.74, 6) is 0. The summed E-state index contributed by atoms with van der Waals surface area (Å²) in [5.41, 5.74) is 0.471. The zero-order valence-electron chi connectivity index (χ0n) is 7.36. The minimum atomic E-state index is -0.787. The molecule has 0 atom stereocenters. The van der Waals surface area contributed by atoms with Gasteiger partial charge in [-0.05, 0) is 0 Å². The van der Waals surface area contributed by atoms with Gasteiger partial charge in [-0.25, -0.2) is 0 Å². The van der Waals surface area contributed by atoms with Gasteiger partial charge in [-0.1, -0.05) is 0 Å². The topological polar surface area (TPSA) is 0 Å². The van der Waals surface area contributed by atoms with Crippen LogP contribution in [-0.2, 0) is 0 Å². The van der Waals surface area contributed by atoms with Crippen molar-refractivity contribution in [2.75, 3.05) is 19.5 Å². The summed E-state index contributed by atoms with van der Waals surface area (Å²) in [5, 5.41) is 0. The quantitative estimate of drug-likeness (QED) is 0.390. The predicted molar refractivity (Wildman–Crippen MR) is 50.2 cm³/mol. The van der Waals surface area contributed by atoms with Gasteiger partial charge in [0.05, 0.1) is 0 Å². The average Bonchev–Trinajstić information content (AvgIpc) is 1.14. The first-order chi connectivity index (χ1) is 3.71. The maximum atomic E-state index is 4.17. The van der Waals surface area contributed by atoms with Crippen molar-refractivity contribution >= 4 is 13.9 Å². The van der Waals surface area contributed by atoms with E-state index in [9.17, 15) is 0 Å². The molecule has 0 aromatic carbocycles. The van der Waals surface area contributed by atoms with E-state index in [-0.39, 0.29) is 0 Å². The summed E-state index contributed by atoms with van der Waals surface area (Å²) < 4.78 is 0. The zero-order valence-corrected chi connectivity index (χ0v) is 8.26. The second kappa shape index (κ2) is 2.62. The Morgan fingerprint density at radius 1 is 1.22 bits per heavy atom. The first kappa shape index (κ1) is 9.49. The normalized spacial score (nSPS) is 13.8. The van der Waals surface area contributed by atoms with Gasteiger partial charge < -0.3 is 0 Å². The Balaban J connectivity index is 3.90. The molecule has 0 aliphatic carbocycles. The van der Waals surface area contributed by atoms with Crippen LogP contribution in [0.2, 0.25) is 0 Å². The molecule has 0 N–H and O–H groups in total. The Morgan fingerprint density at radius 2 is 1.56 bits per heavy atom. The predicted octanol–water partition coefficient (Wildman–Crippen LogP) is 2.13. The number of hydrogen-bond donors (Lipinski definition) is 0. The second-order valence-electron chi connectivity index (χ2n) is 4.65. The Labute approximate surface area is 60.4 Å². The molecule has 0 rings (SSSR count). The third kappa shape index (κ3) is 8.49. The van der Waals surface area contributed by atoms with Crippen molar-refractivity contribution < 1.29 is 0 Å². The molecule has 0 aromatic heterocycles. The molecule has 9 heavy (non-hydrogen) atoms. The van der Waals surface area contributed by atoms with E-state index in [1.165, 1.54) is 6.16 Å². The van der Waals surface area contributed by atoms with Gasteiger partial charge in [-0.3, -0.25) is 0 Å². The summed E-state index contributed by atoms with van der Waals surface area (Å²) >= 11 is 0. The van der Waals surface area contributed by atoms with E-state index in [2.05, 4.69) is 41.3 Å². The van der Waals surface area contributed by atoms with Gasteiger partial charge in [0.15, 0.2) is 0 Å². The van der Waals surface area contributed by atoms with Crippen LogP contribution in [0.4, 0.5) is 0 Å². The third-order valence-corrected chi connectivity index (χ3v) is 2.71. The minimum absolute atomic E-state index is 0.471. The van der Waals surface area contributed by atoms with E-state index >= 15 is 0 Å². The Bertz CT molecular complexity index is 126. The van der Waals surface area contributed by atoms with E-state index in [1.54, 1.807) is 0 Å². The number of rotatable bonds is 1. The summed E-state index contributed by atoms with van der Waals surface area (Å²) in [6, 6.07) is 0. The summed E-state index contributed by atoms with van der Waals surface area (Å²) in [7, 11) is 4.17. The van der Waals surface area contributed by atoms with Gasteiger partial charge in [0.2, 0.25) is 0 Å². The van der Waals surface area contributed by atoms with Crippen LogP contribution in [-0.4, -0.2) is 26.7 Å². The SMILES string of the molecule is B=P(C)(C)CC(C)(C)C. The molecule has 0 heterocycles. The second-order valence-corrected chi connectivity index (χ2v) is 8.84. The molecule has 0 saturated heterocycles. The fourth-order valence-electron chi connectivity index (χ4n) is 1.28. The Kier molecular flexibility index (Phi) is 2.76. The fourth-order valence-corrected chi connectivity index (χ4v) is 3.85. The van der Waals surface area contributed by atoms with Crippen LogP contribution in [0.3, 0.4) is 0 Å². The van der Waals surface area contributed by atoms with Gasteiger partial charge in [0.25, 0.3) is 0 Å². The Morgan fingerprint density at radius 3 is 1.56 bits per heavy atom. The van der Waals surface area contributed by atoms with Crippen molar-refractivity contribution in [3.05, 3.63) is 0 Å². The van der Waals surface area contributed by atoms with Crippen LogP contribution in [0.5, 0.6) is 0 Å². The number of hydrogen-bond acceptors (Lipinski definition) is 0. The van der Waals surface area contributed by atoms with Crippen molar-refractivity contribution in [2.45, 2.75) is 20.8 Å². The molecule has 0 fully saturated rings. The molecule has 0 aliphatic heterocycles. The molecule has 0 unspecified atom stereocenters. The molecule has 54 valence electrons. The summed E-state index contributed by atoms with van der Waals surface area (Å²) in [6.07, 6.45) is 1.29. The van der Waals surface area contributed by atoms with Gasteiger partial charge in [-0.15, -0.1) is 0 Å². The van der Waals surface area contributed by atoms with Crippen molar-refractivity contribution in [2.24, 2.45) is 5.41 Å². The van der Waals surface area contributed by atoms with Crippen LogP contribution in [0.1, 0.15) is 20.8 Å². The van der Waals surface area contributed by atoms with E-state index in [4.69, 9.17) is 0 Å². The average molecular weight is 144 g/mol. The summed E-state index contributed by atoms with van der Waals surface area (Å²) in [4.78, 5) is 0. The van der Waals surface area contributed by atoms with E-state index < -0.39 is 6.75 Å². The van der Waals surface area contributed by atoms with Crippen LogP contribution in [0, 0.1) is 5.41 Å². The van der Waals surface area contributed by atoms with Crippen LogP contribution in [0.25, 0.3) is 0 Å². The maximum absolute atomic E-state index is 4.17. The first-order valence-corrected chi connectivity index (χ1v) is 6.43. The van der Waals surface area contributed by atoms with Crippen molar-refractivity contribution in [1.82, 2.24) is 0 Å². The molecule has 0 radical (unpaired) electrons. The molecule has 0 bridgehead atoms. The molecule has 2 heteroatoms. The van der Waals surface area contributed by atoms with Gasteiger partial charge in [-0.2, -0.15) is 0 Å². The van der Waals surface area contributed by atoms with Gasteiger partial charge >= 0.3 is 59.6 Å². The first-order valence-electron chi connectivity index (χ1n) is 3.38. The van der Waals surface area contributed by atoms with E-state index in [1.807, 2.05) is 0 Å². The molecule has 0 saturated carbocycles. The van der Waals surface area contributed by atoms with E-state index in [0.717, 1.165) is 0 Å². The molecular formula is C7H18BP. The molecular weight excluding hydrogens is 126 g/mol. The standard InChI is InChI=1S/C7H18BP/c1-7(2,3)6-9(4,5)8/h8H,6H2,1-5H3.